The maximum atomic E-state index is 13.0. The molecule has 3 nitrogen and oxygen atoms in total. The summed E-state index contributed by atoms with van der Waals surface area (Å²) in [6.45, 7) is 0.153. The van der Waals surface area contributed by atoms with Crippen LogP contribution in [0.2, 0.25) is 0 Å². The molecule has 0 bridgehead atoms. The molecule has 0 fully saturated rings. The van der Waals surface area contributed by atoms with E-state index in [4.69, 9.17) is 0 Å². The largest absolute Gasteiger partial charge is 0.478 e. The van der Waals surface area contributed by atoms with Gasteiger partial charge in [-0.1, -0.05) is 24.3 Å². The van der Waals surface area contributed by atoms with Crippen LogP contribution in [0, 0.1) is 5.82 Å². The summed E-state index contributed by atoms with van der Waals surface area (Å²) in [5.41, 5.74) is 0.883. The molecule has 1 unspecified atom stereocenters. The molecule has 1 heterocycles. The van der Waals surface area contributed by atoms with Gasteiger partial charge < -0.3 is 10.0 Å². The lowest BCUT2D eigenvalue weighted by molar-refractivity contribution is -0.137. The van der Waals surface area contributed by atoms with Gasteiger partial charge in [-0.2, -0.15) is 13.2 Å². The fourth-order valence-electron chi connectivity index (χ4n) is 3.27. The summed E-state index contributed by atoms with van der Waals surface area (Å²) in [7, 11) is 0. The van der Waals surface area contributed by atoms with Gasteiger partial charge >= 0.3 is 12.1 Å². The highest BCUT2D eigenvalue weighted by Crippen LogP contribution is 2.32. The first kappa shape index (κ1) is 22.9. The van der Waals surface area contributed by atoms with E-state index >= 15 is 0 Å². The molecule has 0 amide bonds. The van der Waals surface area contributed by atoms with Crippen molar-refractivity contribution in [1.82, 2.24) is 4.90 Å². The van der Waals surface area contributed by atoms with Crippen LogP contribution in [0.4, 0.5) is 17.6 Å². The second-order valence-electron chi connectivity index (χ2n) is 7.09. The molecule has 0 aliphatic carbocycles. The second kappa shape index (κ2) is 10.0. The first-order valence-corrected chi connectivity index (χ1v) is 10.7. The topological polar surface area (TPSA) is 40.5 Å². The van der Waals surface area contributed by atoms with E-state index in [1.54, 1.807) is 35.4 Å². The molecule has 1 aliphatic heterocycles. The Balaban J connectivity index is 1.67. The van der Waals surface area contributed by atoms with Crippen molar-refractivity contribution in [3.05, 3.63) is 95.0 Å². The third-order valence-electron chi connectivity index (χ3n) is 4.79. The van der Waals surface area contributed by atoms with Gasteiger partial charge in [-0.05, 0) is 66.1 Å². The summed E-state index contributed by atoms with van der Waals surface area (Å²) in [6, 6.07) is 11.3. The lowest BCUT2D eigenvalue weighted by atomic mass is 10.1. The molecule has 8 heteroatoms. The second-order valence-corrected chi connectivity index (χ2v) is 8.28. The van der Waals surface area contributed by atoms with E-state index in [1.165, 1.54) is 36.0 Å². The number of carboxylic acids is 1. The number of benzene rings is 2. The summed E-state index contributed by atoms with van der Waals surface area (Å²) in [6.07, 6.45) is 1.84. The van der Waals surface area contributed by atoms with Crippen LogP contribution in [0.15, 0.2) is 72.5 Å². The van der Waals surface area contributed by atoms with Crippen molar-refractivity contribution in [1.29, 1.82) is 0 Å². The van der Waals surface area contributed by atoms with Gasteiger partial charge in [-0.25, -0.2) is 9.18 Å². The Labute approximate surface area is 182 Å². The molecule has 0 saturated carbocycles. The number of allylic oxidation sites excluding steroid dienone is 2. The number of alkyl halides is 3. The van der Waals surface area contributed by atoms with Gasteiger partial charge in [-0.15, -0.1) is 11.8 Å². The maximum absolute atomic E-state index is 13.0. The molecular formula is C23H21F4NO2S. The minimum absolute atomic E-state index is 0.153. The number of nitrogens with zero attached hydrogens (tertiary/aromatic N) is 1. The van der Waals surface area contributed by atoms with Gasteiger partial charge in [0.05, 0.1) is 11.1 Å². The van der Waals surface area contributed by atoms with Crippen molar-refractivity contribution < 1.29 is 27.5 Å². The van der Waals surface area contributed by atoms with Crippen molar-refractivity contribution in [3.8, 4) is 0 Å². The highest BCUT2D eigenvalue weighted by atomic mass is 32.2. The molecule has 0 spiro atoms. The normalized spacial score (nSPS) is 16.3. The van der Waals surface area contributed by atoms with Gasteiger partial charge in [-0.3, -0.25) is 0 Å². The molecule has 31 heavy (non-hydrogen) atoms. The third-order valence-corrected chi connectivity index (χ3v) is 6.15. The lowest BCUT2D eigenvalue weighted by Crippen LogP contribution is -2.34. The van der Waals surface area contributed by atoms with E-state index in [0.717, 1.165) is 30.5 Å². The van der Waals surface area contributed by atoms with Crippen LogP contribution in [0.1, 0.15) is 23.1 Å². The summed E-state index contributed by atoms with van der Waals surface area (Å²) in [5.74, 6) is -0.720. The maximum Gasteiger partial charge on any atom is 0.416 e. The van der Waals surface area contributed by atoms with E-state index in [-0.39, 0.29) is 17.9 Å². The predicted molar refractivity (Wildman–Crippen MR) is 113 cm³/mol. The number of carboxylic acid groups (broad SMARTS) is 1. The first-order chi connectivity index (χ1) is 14.7. The molecule has 0 saturated heterocycles. The van der Waals surface area contributed by atoms with Gasteiger partial charge in [0.1, 0.15) is 11.2 Å². The summed E-state index contributed by atoms with van der Waals surface area (Å²) >= 11 is 1.42. The zero-order valence-corrected chi connectivity index (χ0v) is 17.3. The first-order valence-electron chi connectivity index (χ1n) is 9.63. The minimum atomic E-state index is -4.44. The van der Waals surface area contributed by atoms with Crippen LogP contribution < -0.4 is 0 Å². The van der Waals surface area contributed by atoms with Gasteiger partial charge in [0.15, 0.2) is 0 Å². The molecule has 164 valence electrons. The van der Waals surface area contributed by atoms with Crippen LogP contribution in [0.5, 0.6) is 0 Å². The molecule has 3 rings (SSSR count). The fourth-order valence-corrected chi connectivity index (χ4v) is 4.50. The molecular weight excluding hydrogens is 430 g/mol. The van der Waals surface area contributed by atoms with Crippen LogP contribution in [0.3, 0.4) is 0 Å². The van der Waals surface area contributed by atoms with E-state index < -0.39 is 23.1 Å². The van der Waals surface area contributed by atoms with Crippen molar-refractivity contribution in [3.63, 3.8) is 0 Å². The summed E-state index contributed by atoms with van der Waals surface area (Å²) < 4.78 is 52.1. The van der Waals surface area contributed by atoms with E-state index in [0.29, 0.717) is 11.3 Å². The Morgan fingerprint density at radius 1 is 1.10 bits per heavy atom. The third kappa shape index (κ3) is 6.37. The van der Waals surface area contributed by atoms with E-state index in [9.17, 15) is 27.5 Å². The molecule has 2 aromatic carbocycles. The molecule has 1 N–H and O–H groups in total. The predicted octanol–water partition coefficient (Wildman–Crippen LogP) is 5.88. The Kier molecular flexibility index (Phi) is 7.43. The summed E-state index contributed by atoms with van der Waals surface area (Å²) in [5, 5.41) is 9.05. The molecule has 1 aliphatic rings. The zero-order valence-electron chi connectivity index (χ0n) is 16.5. The number of hydrogen-bond acceptors (Lipinski definition) is 3. The van der Waals surface area contributed by atoms with Crippen LogP contribution in [-0.4, -0.2) is 27.1 Å². The number of rotatable bonds is 8. The number of hydrogen-bond donors (Lipinski definition) is 1. The molecule has 1 atom stereocenters. The monoisotopic (exact) mass is 451 g/mol. The zero-order chi connectivity index (χ0) is 22.4. The minimum Gasteiger partial charge on any atom is -0.478 e. The number of carbonyl (C=O) groups is 1. The molecule has 0 radical (unpaired) electrons. The average Bonchev–Trinajstić information content (AvgIpc) is 2.72. The Morgan fingerprint density at radius 2 is 1.84 bits per heavy atom. The van der Waals surface area contributed by atoms with Gasteiger partial charge in [0.2, 0.25) is 0 Å². The molecule has 2 aromatic rings. The highest BCUT2D eigenvalue weighted by Gasteiger charge is 2.31. The summed E-state index contributed by atoms with van der Waals surface area (Å²) in [4.78, 5) is 13.4. The van der Waals surface area contributed by atoms with Crippen LogP contribution >= 0.6 is 11.8 Å². The van der Waals surface area contributed by atoms with Gasteiger partial charge in [0, 0.05) is 12.7 Å². The lowest BCUT2D eigenvalue weighted by Gasteiger charge is -2.33. The number of aryl methyl sites for hydroxylation is 1. The van der Waals surface area contributed by atoms with Crippen LogP contribution in [-0.2, 0) is 23.9 Å². The SMILES string of the molecule is O=C(O)C1=CC=CN(Cc2cccc(C(F)(F)F)c2)C1SCCCc1ccc(F)cc1. The van der Waals surface area contributed by atoms with E-state index in [1.807, 2.05) is 0 Å². The van der Waals surface area contributed by atoms with E-state index in [2.05, 4.69) is 0 Å². The smallest absolute Gasteiger partial charge is 0.416 e. The number of thioether (sulfide) groups is 1. The quantitative estimate of drug-likeness (QED) is 0.402. The highest BCUT2D eigenvalue weighted by molar-refractivity contribution is 8.00. The van der Waals surface area contributed by atoms with Crippen molar-refractivity contribution in [2.45, 2.75) is 30.9 Å². The van der Waals surface area contributed by atoms with Crippen molar-refractivity contribution in [2.24, 2.45) is 0 Å². The number of halogens is 4. The standard InChI is InChI=1S/C23H21F4NO2S/c24-19-10-8-16(9-11-19)5-3-13-31-21-20(22(29)30)7-2-12-28(21)15-17-4-1-6-18(14-17)23(25,26)27/h1-2,4,6-12,14,21H,3,5,13,15H2,(H,29,30). The average molecular weight is 451 g/mol. The van der Waals surface area contributed by atoms with Crippen molar-refractivity contribution in [2.75, 3.05) is 5.75 Å². The number of aliphatic carboxylic acids is 1. The Bertz CT molecular complexity index is 970. The fraction of sp³-hybridized carbons (Fsp3) is 0.261. The Morgan fingerprint density at radius 3 is 2.52 bits per heavy atom. The van der Waals surface area contributed by atoms with Crippen molar-refractivity contribution >= 4 is 17.7 Å². The van der Waals surface area contributed by atoms with Gasteiger partial charge in [0.25, 0.3) is 0 Å². The molecule has 0 aromatic heterocycles. The van der Waals surface area contributed by atoms with Crippen LogP contribution in [0.25, 0.3) is 0 Å². The Hall–Kier alpha value is -2.74.